The van der Waals surface area contributed by atoms with Crippen molar-refractivity contribution < 1.29 is 19.4 Å². The number of piperidine rings is 1. The fraction of sp³-hybridized carbons (Fsp3) is 0.857. The first kappa shape index (κ1) is 15.3. The Kier molecular flexibility index (Phi) is 3.81. The first-order valence-electron chi connectivity index (χ1n) is 7.07. The molecule has 6 nitrogen and oxygen atoms in total. The van der Waals surface area contributed by atoms with E-state index in [9.17, 15) is 14.7 Å². The second-order valence-corrected chi connectivity index (χ2v) is 6.87. The average molecular weight is 284 g/mol. The molecule has 2 aliphatic heterocycles. The summed E-state index contributed by atoms with van der Waals surface area (Å²) in [7, 11) is 0. The zero-order valence-corrected chi connectivity index (χ0v) is 12.4. The highest BCUT2D eigenvalue weighted by molar-refractivity contribution is 5.89. The molecule has 3 N–H and O–H groups in total. The van der Waals surface area contributed by atoms with E-state index in [4.69, 9.17) is 10.5 Å². The molecular formula is C14H24N2O4. The van der Waals surface area contributed by atoms with E-state index in [1.165, 1.54) is 4.90 Å². The van der Waals surface area contributed by atoms with Crippen LogP contribution in [0.2, 0.25) is 0 Å². The summed E-state index contributed by atoms with van der Waals surface area (Å²) < 4.78 is 5.31. The van der Waals surface area contributed by atoms with Gasteiger partial charge in [0, 0.05) is 12.6 Å². The minimum Gasteiger partial charge on any atom is -0.480 e. The number of amides is 1. The first-order valence-corrected chi connectivity index (χ1v) is 7.07. The van der Waals surface area contributed by atoms with Crippen molar-refractivity contribution in [3.63, 3.8) is 0 Å². The third-order valence-electron chi connectivity index (χ3n) is 4.77. The number of carboxylic acids is 1. The van der Waals surface area contributed by atoms with Crippen LogP contribution in [-0.2, 0) is 14.3 Å². The van der Waals surface area contributed by atoms with Crippen LogP contribution >= 0.6 is 0 Å². The van der Waals surface area contributed by atoms with Gasteiger partial charge in [0.2, 0.25) is 5.91 Å². The summed E-state index contributed by atoms with van der Waals surface area (Å²) in [4.78, 5) is 26.0. The van der Waals surface area contributed by atoms with Crippen LogP contribution in [0.15, 0.2) is 0 Å². The number of hydrogen-bond donors (Lipinski definition) is 2. The lowest BCUT2D eigenvalue weighted by molar-refractivity contribution is -0.164. The molecule has 20 heavy (non-hydrogen) atoms. The van der Waals surface area contributed by atoms with Gasteiger partial charge in [-0.15, -0.1) is 0 Å². The minimum atomic E-state index is -0.945. The van der Waals surface area contributed by atoms with Gasteiger partial charge in [0.1, 0.15) is 6.04 Å². The molecule has 0 bridgehead atoms. The number of hydrogen-bond acceptors (Lipinski definition) is 4. The number of carbonyl (C=O) groups excluding carboxylic acids is 1. The number of ether oxygens (including phenoxy) is 1. The van der Waals surface area contributed by atoms with E-state index in [-0.39, 0.29) is 18.6 Å². The van der Waals surface area contributed by atoms with Gasteiger partial charge in [-0.25, -0.2) is 4.79 Å². The van der Waals surface area contributed by atoms with E-state index in [2.05, 4.69) is 0 Å². The average Bonchev–Trinajstić information content (AvgIpc) is 2.67. The van der Waals surface area contributed by atoms with Crippen molar-refractivity contribution in [2.75, 3.05) is 19.8 Å². The van der Waals surface area contributed by atoms with Gasteiger partial charge < -0.3 is 20.5 Å². The molecule has 1 amide bonds. The van der Waals surface area contributed by atoms with E-state index >= 15 is 0 Å². The highest BCUT2D eigenvalue weighted by Gasteiger charge is 2.52. The summed E-state index contributed by atoms with van der Waals surface area (Å²) in [6, 6.07) is -1.18. The van der Waals surface area contributed by atoms with Gasteiger partial charge in [-0.1, -0.05) is 13.8 Å². The van der Waals surface area contributed by atoms with Crippen LogP contribution < -0.4 is 5.73 Å². The number of rotatable bonds is 2. The van der Waals surface area contributed by atoms with Gasteiger partial charge in [0.05, 0.1) is 18.6 Å². The lowest BCUT2D eigenvalue weighted by atomic mass is 9.74. The van der Waals surface area contributed by atoms with Crippen molar-refractivity contribution in [2.24, 2.45) is 16.6 Å². The van der Waals surface area contributed by atoms with Gasteiger partial charge in [-0.3, -0.25) is 4.79 Å². The lowest BCUT2D eigenvalue weighted by Crippen LogP contribution is -2.61. The summed E-state index contributed by atoms with van der Waals surface area (Å²) in [5.74, 6) is -1.14. The Morgan fingerprint density at radius 2 is 2.00 bits per heavy atom. The quantitative estimate of drug-likeness (QED) is 0.768. The Morgan fingerprint density at radius 1 is 1.35 bits per heavy atom. The SMILES string of the molecule is CC1(C)CCCN(C(=O)C2(C)COCC2N)C1C(=O)O. The molecule has 2 fully saturated rings. The molecule has 6 heteroatoms. The van der Waals surface area contributed by atoms with Crippen LogP contribution in [-0.4, -0.2) is 53.7 Å². The van der Waals surface area contributed by atoms with E-state index in [0.29, 0.717) is 13.2 Å². The molecule has 0 aromatic heterocycles. The molecule has 3 unspecified atom stereocenters. The number of likely N-dealkylation sites (tertiary alicyclic amines) is 1. The summed E-state index contributed by atoms with van der Waals surface area (Å²) in [6.45, 7) is 6.65. The fourth-order valence-electron chi connectivity index (χ4n) is 3.32. The van der Waals surface area contributed by atoms with Crippen molar-refractivity contribution in [1.82, 2.24) is 4.90 Å². The van der Waals surface area contributed by atoms with Crippen molar-refractivity contribution >= 4 is 11.9 Å². The third kappa shape index (κ3) is 2.31. The second-order valence-electron chi connectivity index (χ2n) is 6.87. The maximum Gasteiger partial charge on any atom is 0.326 e. The molecule has 0 aromatic rings. The molecule has 3 atom stereocenters. The number of carbonyl (C=O) groups is 2. The van der Waals surface area contributed by atoms with Crippen LogP contribution in [0.5, 0.6) is 0 Å². The van der Waals surface area contributed by atoms with Crippen LogP contribution in [0.4, 0.5) is 0 Å². The Bertz CT molecular complexity index is 423. The molecule has 114 valence electrons. The Hall–Kier alpha value is -1.14. The van der Waals surface area contributed by atoms with E-state index in [0.717, 1.165) is 12.8 Å². The molecule has 2 saturated heterocycles. The molecular weight excluding hydrogens is 260 g/mol. The topological polar surface area (TPSA) is 92.9 Å². The maximum absolute atomic E-state index is 12.8. The van der Waals surface area contributed by atoms with Crippen molar-refractivity contribution in [1.29, 1.82) is 0 Å². The second kappa shape index (κ2) is 5.00. The molecule has 0 saturated carbocycles. The maximum atomic E-state index is 12.8. The summed E-state index contributed by atoms with van der Waals surface area (Å²) in [6.07, 6.45) is 1.61. The molecule has 2 rings (SSSR count). The molecule has 2 aliphatic rings. The minimum absolute atomic E-state index is 0.192. The summed E-state index contributed by atoms with van der Waals surface area (Å²) in [5.41, 5.74) is 4.74. The van der Waals surface area contributed by atoms with E-state index in [1.54, 1.807) is 6.92 Å². The van der Waals surface area contributed by atoms with Gasteiger partial charge >= 0.3 is 5.97 Å². The van der Waals surface area contributed by atoms with Gasteiger partial charge in [-0.2, -0.15) is 0 Å². The largest absolute Gasteiger partial charge is 0.480 e. The smallest absolute Gasteiger partial charge is 0.326 e. The van der Waals surface area contributed by atoms with Crippen molar-refractivity contribution in [3.05, 3.63) is 0 Å². The van der Waals surface area contributed by atoms with Crippen LogP contribution in [0, 0.1) is 10.8 Å². The highest BCUT2D eigenvalue weighted by Crippen LogP contribution is 2.39. The standard InChI is InChI=1S/C14H24N2O4/c1-13(2)5-4-6-16(10(13)11(17)18)12(19)14(3)8-20-7-9(14)15/h9-10H,4-8,15H2,1-3H3,(H,17,18). The summed E-state index contributed by atoms with van der Waals surface area (Å²) >= 11 is 0. The fourth-order valence-corrected chi connectivity index (χ4v) is 3.32. The van der Waals surface area contributed by atoms with E-state index < -0.39 is 22.8 Å². The predicted octanol–water partition coefficient (Wildman–Crippen LogP) is 0.452. The van der Waals surface area contributed by atoms with Gasteiger partial charge in [0.25, 0.3) is 0 Å². The molecule has 0 radical (unpaired) electrons. The zero-order chi connectivity index (χ0) is 15.1. The molecule has 2 heterocycles. The van der Waals surface area contributed by atoms with Crippen molar-refractivity contribution in [2.45, 2.75) is 45.7 Å². The van der Waals surface area contributed by atoms with Gasteiger partial charge in [-0.05, 0) is 25.2 Å². The monoisotopic (exact) mass is 284 g/mol. The molecule has 0 aliphatic carbocycles. The third-order valence-corrected chi connectivity index (χ3v) is 4.77. The Morgan fingerprint density at radius 3 is 2.50 bits per heavy atom. The van der Waals surface area contributed by atoms with Gasteiger partial charge in [0.15, 0.2) is 0 Å². The zero-order valence-electron chi connectivity index (χ0n) is 12.4. The lowest BCUT2D eigenvalue weighted by Gasteiger charge is -2.46. The number of aliphatic carboxylic acids is 1. The Balaban J connectivity index is 2.30. The highest BCUT2D eigenvalue weighted by atomic mass is 16.5. The normalized spacial score (nSPS) is 36.9. The molecule has 0 aromatic carbocycles. The van der Waals surface area contributed by atoms with E-state index in [1.807, 2.05) is 13.8 Å². The number of nitrogens with two attached hydrogens (primary N) is 1. The number of nitrogens with zero attached hydrogens (tertiary/aromatic N) is 1. The van der Waals surface area contributed by atoms with Crippen LogP contribution in [0.3, 0.4) is 0 Å². The molecule has 0 spiro atoms. The van der Waals surface area contributed by atoms with Crippen molar-refractivity contribution in [3.8, 4) is 0 Å². The Labute approximate surface area is 119 Å². The van der Waals surface area contributed by atoms with Crippen LogP contribution in [0.25, 0.3) is 0 Å². The first-order chi connectivity index (χ1) is 9.20. The predicted molar refractivity (Wildman–Crippen MR) is 73.1 cm³/mol. The number of carboxylic acid groups (broad SMARTS) is 1. The summed E-state index contributed by atoms with van der Waals surface area (Å²) in [5, 5.41) is 9.53. The van der Waals surface area contributed by atoms with Crippen LogP contribution in [0.1, 0.15) is 33.6 Å².